The average molecular weight is 675 g/mol. The van der Waals surface area contributed by atoms with E-state index < -0.39 is 19.0 Å². The van der Waals surface area contributed by atoms with Crippen molar-refractivity contribution in [2.45, 2.75) is 154 Å². The van der Waals surface area contributed by atoms with E-state index in [0.29, 0.717) is 0 Å². The minimum atomic E-state index is -0.419. The number of ether oxygens (including phenoxy) is 4. The molecule has 0 aromatic carbocycles. The van der Waals surface area contributed by atoms with Crippen LogP contribution in [0.4, 0.5) is 0 Å². The van der Waals surface area contributed by atoms with Gasteiger partial charge in [-0.05, 0) is 71.0 Å². The van der Waals surface area contributed by atoms with E-state index in [9.17, 15) is 0 Å². The van der Waals surface area contributed by atoms with Gasteiger partial charge in [0.1, 0.15) is 10.8 Å². The van der Waals surface area contributed by atoms with Gasteiger partial charge in [0, 0.05) is 37.9 Å². The second kappa shape index (κ2) is 30.7. The van der Waals surface area contributed by atoms with Gasteiger partial charge in [-0.15, -0.1) is 0 Å². The Hall–Kier alpha value is 1.67. The molecule has 0 saturated heterocycles. The Balaban J connectivity index is 4.30. The maximum atomic E-state index is 6.44. The lowest BCUT2D eigenvalue weighted by Gasteiger charge is -2.33. The van der Waals surface area contributed by atoms with E-state index >= 15 is 0 Å². The van der Waals surface area contributed by atoms with Crippen molar-refractivity contribution in [2.24, 2.45) is 0 Å². The number of hydrogen-bond donors (Lipinski definition) is 0. The van der Waals surface area contributed by atoms with E-state index in [1.54, 1.807) is 0 Å². The summed E-state index contributed by atoms with van der Waals surface area (Å²) in [4.78, 5) is 0. The fraction of sp³-hybridized carbons (Fsp3) is 1.00. The summed E-state index contributed by atoms with van der Waals surface area (Å²) in [5, 5.41) is 0. The standard InChI is InChI=1S/C30H66O4S4Si2/c1-7-11-15-23-31-29(39-5,32-24-16-12-8-2)21-19-27-35-37-38-36-28-20-22-30(40-6,33-25-17-13-9-3)34-26-18-14-10-4/h7-28,39-40H2,1-6H3. The van der Waals surface area contributed by atoms with Crippen LogP contribution in [0.5, 0.6) is 0 Å². The smallest absolute Gasteiger partial charge is 0.144 e. The predicted molar refractivity (Wildman–Crippen MR) is 195 cm³/mol. The molecule has 0 bridgehead atoms. The molecular formula is C30H66O4S4Si2. The maximum Gasteiger partial charge on any atom is 0.144 e. The van der Waals surface area contributed by atoms with Gasteiger partial charge in [0.05, 0.1) is 19.0 Å². The van der Waals surface area contributed by atoms with Gasteiger partial charge in [-0.3, -0.25) is 0 Å². The Kier molecular flexibility index (Phi) is 32.0. The molecular weight excluding hydrogens is 609 g/mol. The van der Waals surface area contributed by atoms with Gasteiger partial charge in [-0.1, -0.05) is 114 Å². The molecule has 0 aliphatic rings. The van der Waals surface area contributed by atoms with Crippen LogP contribution in [0.25, 0.3) is 0 Å². The average Bonchev–Trinajstić information content (AvgIpc) is 2.98. The quantitative estimate of drug-likeness (QED) is 0.0295. The third kappa shape index (κ3) is 23.1. The van der Waals surface area contributed by atoms with Crippen molar-refractivity contribution in [1.29, 1.82) is 0 Å². The van der Waals surface area contributed by atoms with E-state index in [1.807, 2.05) is 41.2 Å². The zero-order valence-electron chi connectivity index (χ0n) is 27.2. The highest BCUT2D eigenvalue weighted by molar-refractivity contribution is 9.26. The SMILES string of the molecule is CCCCCOC(CCCSSSSCCCC(OCCCCC)(OCCCCC)[SiH2]C)(OCCCCC)[SiH2]C. The van der Waals surface area contributed by atoms with Crippen LogP contribution in [0.1, 0.15) is 130 Å². The number of unbranched alkanes of at least 4 members (excludes halogenated alkanes) is 8. The Morgan fingerprint density at radius 1 is 0.450 bits per heavy atom. The molecule has 4 nitrogen and oxygen atoms in total. The predicted octanol–water partition coefficient (Wildman–Crippen LogP) is 9.79. The summed E-state index contributed by atoms with van der Waals surface area (Å²) in [6.07, 6.45) is 19.0. The molecule has 40 heavy (non-hydrogen) atoms. The topological polar surface area (TPSA) is 36.9 Å². The Labute approximate surface area is 270 Å². The molecule has 0 radical (unpaired) electrons. The van der Waals surface area contributed by atoms with Gasteiger partial charge in [0.15, 0.2) is 0 Å². The van der Waals surface area contributed by atoms with E-state index in [0.717, 1.165) is 76.5 Å². The summed E-state index contributed by atoms with van der Waals surface area (Å²) in [6.45, 7) is 17.1. The monoisotopic (exact) mass is 674 g/mol. The second-order valence-electron chi connectivity index (χ2n) is 10.7. The van der Waals surface area contributed by atoms with E-state index in [4.69, 9.17) is 18.9 Å². The lowest BCUT2D eigenvalue weighted by molar-refractivity contribution is -0.186. The van der Waals surface area contributed by atoms with E-state index in [2.05, 4.69) is 40.8 Å². The van der Waals surface area contributed by atoms with Crippen molar-refractivity contribution in [2.75, 3.05) is 37.9 Å². The lowest BCUT2D eigenvalue weighted by atomic mass is 10.2. The zero-order chi connectivity index (χ0) is 29.6. The van der Waals surface area contributed by atoms with Crippen molar-refractivity contribution in [3.05, 3.63) is 0 Å². The van der Waals surface area contributed by atoms with Gasteiger partial charge < -0.3 is 18.9 Å². The van der Waals surface area contributed by atoms with Crippen LogP contribution in [0.15, 0.2) is 0 Å². The summed E-state index contributed by atoms with van der Waals surface area (Å²) >= 11 is 0. The first-order valence-corrected chi connectivity index (χ1v) is 26.1. The molecule has 0 rings (SSSR count). The first-order valence-electron chi connectivity index (χ1n) is 16.7. The molecule has 0 spiro atoms. The highest BCUT2D eigenvalue weighted by Crippen LogP contribution is 2.44. The minimum Gasteiger partial charge on any atom is -0.354 e. The largest absolute Gasteiger partial charge is 0.354 e. The third-order valence-corrected chi connectivity index (χ3v) is 17.5. The molecule has 0 amide bonds. The van der Waals surface area contributed by atoms with Gasteiger partial charge in [-0.25, -0.2) is 0 Å². The molecule has 0 aliphatic heterocycles. The van der Waals surface area contributed by atoms with Crippen LogP contribution in [0, 0.1) is 0 Å². The van der Waals surface area contributed by atoms with E-state index in [1.165, 1.54) is 64.2 Å². The van der Waals surface area contributed by atoms with Crippen molar-refractivity contribution in [3.8, 4) is 0 Å². The van der Waals surface area contributed by atoms with Crippen LogP contribution in [0.2, 0.25) is 13.1 Å². The molecule has 0 aromatic heterocycles. The fourth-order valence-corrected chi connectivity index (χ4v) is 13.2. The summed E-state index contributed by atoms with van der Waals surface area (Å²) in [5.74, 6) is 2.32. The maximum absolute atomic E-state index is 6.44. The molecule has 0 N–H and O–H groups in total. The molecule has 0 saturated carbocycles. The summed E-state index contributed by atoms with van der Waals surface area (Å²) < 4.78 is 25.8. The van der Waals surface area contributed by atoms with Gasteiger partial charge in [-0.2, -0.15) is 0 Å². The fourth-order valence-electron chi connectivity index (χ4n) is 4.48. The Morgan fingerprint density at radius 2 is 0.750 bits per heavy atom. The molecule has 0 aromatic rings. The minimum absolute atomic E-state index is 0.249. The van der Waals surface area contributed by atoms with Gasteiger partial charge in [0.25, 0.3) is 0 Å². The van der Waals surface area contributed by atoms with Crippen LogP contribution in [-0.4, -0.2) is 67.8 Å². The van der Waals surface area contributed by atoms with Crippen LogP contribution >= 0.6 is 41.2 Å². The van der Waals surface area contributed by atoms with Crippen LogP contribution in [-0.2, 0) is 18.9 Å². The highest BCUT2D eigenvalue weighted by atomic mass is 33.7. The van der Waals surface area contributed by atoms with Gasteiger partial charge in [0.2, 0.25) is 0 Å². The van der Waals surface area contributed by atoms with Crippen molar-refractivity contribution < 1.29 is 18.9 Å². The first-order chi connectivity index (χ1) is 19.6. The highest BCUT2D eigenvalue weighted by Gasteiger charge is 2.30. The van der Waals surface area contributed by atoms with E-state index in [-0.39, 0.29) is 10.8 Å². The molecule has 0 fully saturated rings. The number of rotatable bonds is 33. The van der Waals surface area contributed by atoms with Gasteiger partial charge >= 0.3 is 0 Å². The molecule has 10 heteroatoms. The normalized spacial score (nSPS) is 13.1. The molecule has 0 aliphatic carbocycles. The van der Waals surface area contributed by atoms with Crippen molar-refractivity contribution in [1.82, 2.24) is 0 Å². The van der Waals surface area contributed by atoms with Crippen molar-refractivity contribution >= 4 is 60.3 Å². The Morgan fingerprint density at radius 3 is 1.00 bits per heavy atom. The number of hydrogen-bond acceptors (Lipinski definition) is 8. The summed E-state index contributed by atoms with van der Waals surface area (Å²) in [7, 11) is 7.01. The lowest BCUT2D eigenvalue weighted by Crippen LogP contribution is -2.42. The van der Waals surface area contributed by atoms with Crippen LogP contribution < -0.4 is 0 Å². The van der Waals surface area contributed by atoms with Crippen LogP contribution in [0.3, 0.4) is 0 Å². The molecule has 0 heterocycles. The summed E-state index contributed by atoms with van der Waals surface area (Å²) in [5.41, 5.74) is -0.498. The molecule has 0 atom stereocenters. The first kappa shape index (κ1) is 41.7. The second-order valence-corrected chi connectivity index (χ2v) is 20.5. The summed E-state index contributed by atoms with van der Waals surface area (Å²) in [6, 6.07) is 0. The van der Waals surface area contributed by atoms with Crippen molar-refractivity contribution in [3.63, 3.8) is 0 Å². The Bertz CT molecular complexity index is 456. The zero-order valence-corrected chi connectivity index (χ0v) is 33.3. The molecule has 242 valence electrons. The molecule has 0 unspecified atom stereocenters. The third-order valence-electron chi connectivity index (χ3n) is 7.22.